The van der Waals surface area contributed by atoms with Crippen molar-refractivity contribution in [2.45, 2.75) is 31.3 Å². The third kappa shape index (κ3) is 3.00. The van der Waals surface area contributed by atoms with Crippen molar-refractivity contribution in [1.82, 2.24) is 24.6 Å². The summed E-state index contributed by atoms with van der Waals surface area (Å²) in [6, 6.07) is -0.598. The highest BCUT2D eigenvalue weighted by Gasteiger charge is 2.48. The van der Waals surface area contributed by atoms with Gasteiger partial charge < -0.3 is 4.90 Å². The molecule has 1 aromatic rings. The molecular formula is C16H19FN6O3S. The number of hydrogen-bond donors (Lipinski definition) is 1. The van der Waals surface area contributed by atoms with Crippen LogP contribution in [0.2, 0.25) is 0 Å². The number of aromatic amines is 1. The number of halogens is 1. The summed E-state index contributed by atoms with van der Waals surface area (Å²) in [5.74, 6) is -0.751. The molecule has 2 aliphatic heterocycles. The van der Waals surface area contributed by atoms with E-state index >= 15 is 0 Å². The van der Waals surface area contributed by atoms with Gasteiger partial charge in [-0.3, -0.25) is 14.9 Å². The number of nitrogens with one attached hydrogen (secondary N) is 1. The lowest BCUT2D eigenvalue weighted by molar-refractivity contribution is 0.0610. The number of aliphatic imine (C=N–C) groups is 1. The number of rotatable bonds is 3. The lowest BCUT2D eigenvalue weighted by Gasteiger charge is -2.40. The van der Waals surface area contributed by atoms with Crippen LogP contribution >= 0.6 is 0 Å². The average molecular weight is 394 g/mol. The van der Waals surface area contributed by atoms with E-state index < -0.39 is 15.9 Å². The number of fused-ring (bicyclic) bond motifs is 2. The number of H-pyrrole nitrogens is 1. The van der Waals surface area contributed by atoms with Crippen LogP contribution < -0.4 is 0 Å². The van der Waals surface area contributed by atoms with Gasteiger partial charge in [-0.05, 0) is 25.0 Å². The molecule has 1 aliphatic carbocycles. The first-order valence-corrected chi connectivity index (χ1v) is 10.1. The molecule has 4 rings (SSSR count). The highest BCUT2D eigenvalue weighted by molar-refractivity contribution is 7.93. The zero-order valence-electron chi connectivity index (χ0n) is 14.7. The average Bonchev–Trinajstić information content (AvgIpc) is 3.28. The minimum atomic E-state index is -3.76. The van der Waals surface area contributed by atoms with Gasteiger partial charge in [0.05, 0.1) is 16.8 Å². The van der Waals surface area contributed by atoms with E-state index in [1.54, 1.807) is 4.90 Å². The van der Waals surface area contributed by atoms with E-state index in [9.17, 15) is 17.6 Å². The third-order valence-electron chi connectivity index (χ3n) is 5.26. The van der Waals surface area contributed by atoms with Crippen LogP contribution in [-0.2, 0) is 10.0 Å². The molecule has 3 aliphatic rings. The molecule has 27 heavy (non-hydrogen) atoms. The Morgan fingerprint density at radius 1 is 1.30 bits per heavy atom. The van der Waals surface area contributed by atoms with Crippen molar-refractivity contribution in [1.29, 1.82) is 0 Å². The summed E-state index contributed by atoms with van der Waals surface area (Å²) in [6.45, 7) is 0.611. The zero-order valence-corrected chi connectivity index (χ0v) is 15.5. The molecule has 2 bridgehead atoms. The van der Waals surface area contributed by atoms with Crippen molar-refractivity contribution in [3.63, 3.8) is 0 Å². The SMILES string of the molecule is C/N=C1/CC(S(=O)(=O)N2C3CCC2CN(C(=O)c2cnn[nH]2)C3)=CC=C1F. The Morgan fingerprint density at radius 3 is 2.59 bits per heavy atom. The molecular weight excluding hydrogens is 375 g/mol. The molecule has 1 amide bonds. The van der Waals surface area contributed by atoms with E-state index in [4.69, 9.17) is 0 Å². The first kappa shape index (κ1) is 18.0. The van der Waals surface area contributed by atoms with E-state index in [0.717, 1.165) is 6.08 Å². The Kier molecular flexibility index (Phi) is 4.42. The van der Waals surface area contributed by atoms with E-state index in [1.165, 1.54) is 23.6 Å². The van der Waals surface area contributed by atoms with E-state index in [1.807, 2.05) is 0 Å². The molecule has 9 nitrogen and oxygen atoms in total. The Hall–Kier alpha value is -2.40. The van der Waals surface area contributed by atoms with Crippen LogP contribution in [0.25, 0.3) is 0 Å². The monoisotopic (exact) mass is 394 g/mol. The van der Waals surface area contributed by atoms with Gasteiger partial charge in [0, 0.05) is 38.6 Å². The van der Waals surface area contributed by atoms with Crippen molar-refractivity contribution < 1.29 is 17.6 Å². The van der Waals surface area contributed by atoms with Crippen LogP contribution in [0.1, 0.15) is 29.8 Å². The largest absolute Gasteiger partial charge is 0.334 e. The number of likely N-dealkylation sites (tertiary alicyclic amines) is 1. The van der Waals surface area contributed by atoms with E-state index in [-0.39, 0.29) is 40.7 Å². The minimum absolute atomic E-state index is 0.0560. The summed E-state index contributed by atoms with van der Waals surface area (Å²) in [5, 5.41) is 9.70. The molecule has 2 saturated heterocycles. The fraction of sp³-hybridized carbons (Fsp3) is 0.500. The van der Waals surface area contributed by atoms with Gasteiger partial charge in [0.2, 0.25) is 10.0 Å². The normalized spacial score (nSPS) is 27.6. The zero-order chi connectivity index (χ0) is 19.2. The van der Waals surface area contributed by atoms with Crippen molar-refractivity contribution in [3.8, 4) is 0 Å². The molecule has 2 atom stereocenters. The van der Waals surface area contributed by atoms with E-state index in [2.05, 4.69) is 20.4 Å². The van der Waals surface area contributed by atoms with Crippen molar-refractivity contribution in [3.05, 3.63) is 34.8 Å². The van der Waals surface area contributed by atoms with Gasteiger partial charge in [-0.2, -0.15) is 4.31 Å². The maximum atomic E-state index is 13.7. The highest BCUT2D eigenvalue weighted by atomic mass is 32.2. The number of piperazine rings is 1. The standard InChI is InChI=1S/C16H19FN6O3S/c1-18-14-6-12(4-5-13(14)17)27(25,26)23-10-2-3-11(23)9-22(8-10)16(24)15-7-19-21-20-15/h4-5,7,10-11H,2-3,6,8-9H2,1H3,(H,19,20,21)/b18-14-. The van der Waals surface area contributed by atoms with Crippen molar-refractivity contribution in [2.75, 3.05) is 20.1 Å². The fourth-order valence-corrected chi connectivity index (χ4v) is 5.92. The molecule has 2 unspecified atom stereocenters. The number of aromatic nitrogens is 3. The predicted molar refractivity (Wildman–Crippen MR) is 95.1 cm³/mol. The topological polar surface area (TPSA) is 112 Å². The first-order chi connectivity index (χ1) is 12.9. The Balaban J connectivity index is 1.57. The predicted octanol–water partition coefficient (Wildman–Crippen LogP) is 0.635. The second-order valence-corrected chi connectivity index (χ2v) is 8.69. The maximum Gasteiger partial charge on any atom is 0.273 e. The van der Waals surface area contributed by atoms with Gasteiger partial charge in [-0.25, -0.2) is 12.8 Å². The molecule has 1 aromatic heterocycles. The minimum Gasteiger partial charge on any atom is -0.334 e. The Bertz CT molecular complexity index is 939. The molecule has 11 heteroatoms. The molecule has 0 radical (unpaired) electrons. The number of hydrogen-bond acceptors (Lipinski definition) is 6. The lowest BCUT2D eigenvalue weighted by atomic mass is 10.1. The third-order valence-corrected chi connectivity index (χ3v) is 7.35. The van der Waals surface area contributed by atoms with Crippen LogP contribution in [0.3, 0.4) is 0 Å². The Morgan fingerprint density at radius 2 is 2.00 bits per heavy atom. The number of sulfonamides is 1. The van der Waals surface area contributed by atoms with Gasteiger partial charge in [0.25, 0.3) is 5.91 Å². The first-order valence-electron chi connectivity index (χ1n) is 8.63. The number of carbonyl (C=O) groups is 1. The summed E-state index contributed by atoms with van der Waals surface area (Å²) in [4.78, 5) is 18.1. The molecule has 1 N–H and O–H groups in total. The molecule has 144 valence electrons. The number of carbonyl (C=O) groups excluding carboxylic acids is 1. The summed E-state index contributed by atoms with van der Waals surface area (Å²) >= 11 is 0. The quantitative estimate of drug-likeness (QED) is 0.808. The van der Waals surface area contributed by atoms with Crippen molar-refractivity contribution in [2.24, 2.45) is 4.99 Å². The van der Waals surface area contributed by atoms with E-state index in [0.29, 0.717) is 25.9 Å². The molecule has 3 heterocycles. The number of nitrogens with zero attached hydrogens (tertiary/aromatic N) is 5. The fourth-order valence-electron chi connectivity index (χ4n) is 3.96. The van der Waals surface area contributed by atoms with Gasteiger partial charge in [-0.1, -0.05) is 5.21 Å². The lowest BCUT2D eigenvalue weighted by Crippen LogP contribution is -2.57. The Labute approximate surface area is 155 Å². The van der Waals surface area contributed by atoms with Crippen LogP contribution in [0.4, 0.5) is 4.39 Å². The van der Waals surface area contributed by atoms with Crippen LogP contribution in [0.15, 0.2) is 34.1 Å². The van der Waals surface area contributed by atoms with Gasteiger partial charge in [0.15, 0.2) is 0 Å². The van der Waals surface area contributed by atoms with Crippen LogP contribution in [0, 0.1) is 0 Å². The second-order valence-electron chi connectivity index (χ2n) is 6.79. The molecule has 0 saturated carbocycles. The summed E-state index contributed by atoms with van der Waals surface area (Å²) in [5.41, 5.74) is 0.411. The molecule has 0 spiro atoms. The van der Waals surface area contributed by atoms with Crippen molar-refractivity contribution >= 4 is 21.6 Å². The van der Waals surface area contributed by atoms with Crippen LogP contribution in [-0.4, -0.2) is 76.9 Å². The van der Waals surface area contributed by atoms with Gasteiger partial charge >= 0.3 is 0 Å². The maximum absolute atomic E-state index is 13.7. The second kappa shape index (κ2) is 6.64. The summed E-state index contributed by atoms with van der Waals surface area (Å²) < 4.78 is 41.6. The summed E-state index contributed by atoms with van der Waals surface area (Å²) in [7, 11) is -2.32. The summed E-state index contributed by atoms with van der Waals surface area (Å²) in [6.07, 6.45) is 5.12. The molecule has 0 aromatic carbocycles. The highest BCUT2D eigenvalue weighted by Crippen LogP contribution is 2.37. The molecule has 2 fully saturated rings. The van der Waals surface area contributed by atoms with Gasteiger partial charge in [0.1, 0.15) is 11.5 Å². The number of allylic oxidation sites excluding steroid dienone is 4. The van der Waals surface area contributed by atoms with Crippen LogP contribution in [0.5, 0.6) is 0 Å². The van der Waals surface area contributed by atoms with Gasteiger partial charge in [-0.15, -0.1) is 5.10 Å². The smallest absolute Gasteiger partial charge is 0.273 e. The number of amides is 1.